The third-order valence-electron chi connectivity index (χ3n) is 2.88. The molecule has 0 radical (unpaired) electrons. The predicted molar refractivity (Wildman–Crippen MR) is 62.0 cm³/mol. The number of hydrogen-bond donors (Lipinski definition) is 2. The molecule has 0 spiro atoms. The van der Waals surface area contributed by atoms with Crippen molar-refractivity contribution in [3.8, 4) is 0 Å². The average Bonchev–Trinajstić information content (AvgIpc) is 2.32. The zero-order valence-electron chi connectivity index (χ0n) is 11.1. The van der Waals surface area contributed by atoms with E-state index in [4.69, 9.17) is 18.9 Å². The van der Waals surface area contributed by atoms with Gasteiger partial charge >= 0.3 is 0 Å². The minimum absolute atomic E-state index is 0.266. The molecule has 1 heterocycles. The van der Waals surface area contributed by atoms with Crippen LogP contribution in [0.25, 0.3) is 0 Å². The topological polar surface area (TPSA) is 86.2 Å². The summed E-state index contributed by atoms with van der Waals surface area (Å²) in [6.07, 6.45) is -2.72. The summed E-state index contributed by atoms with van der Waals surface area (Å²) >= 11 is 0. The van der Waals surface area contributed by atoms with Crippen molar-refractivity contribution in [2.45, 2.75) is 37.6 Å². The highest BCUT2D eigenvalue weighted by Gasteiger charge is 2.46. The first-order chi connectivity index (χ1) is 8.54. The summed E-state index contributed by atoms with van der Waals surface area (Å²) in [5.41, 5.74) is 0. The largest absolute Gasteiger partial charge is 0.388 e. The van der Waals surface area contributed by atoms with Crippen LogP contribution in [0.1, 0.15) is 6.92 Å². The normalized spacial score (nSPS) is 36.4. The highest BCUT2D eigenvalue weighted by Crippen LogP contribution is 2.24. The molecule has 18 heavy (non-hydrogen) atoms. The van der Waals surface area contributed by atoms with Crippen molar-refractivity contribution in [3.63, 3.8) is 0 Å². The van der Waals surface area contributed by atoms with Crippen LogP contribution in [0.4, 0.5) is 0 Å². The van der Waals surface area contributed by atoms with E-state index in [-0.39, 0.29) is 12.5 Å². The second-order valence-corrected chi connectivity index (χ2v) is 4.15. The number of methoxy groups -OCH3 is 3. The Labute approximate surface area is 106 Å². The molecule has 7 nitrogen and oxygen atoms in total. The van der Waals surface area contributed by atoms with Gasteiger partial charge in [0.15, 0.2) is 6.29 Å². The van der Waals surface area contributed by atoms with Gasteiger partial charge in [-0.3, -0.25) is 4.79 Å². The Kier molecular flexibility index (Phi) is 5.97. The van der Waals surface area contributed by atoms with E-state index in [0.717, 1.165) is 0 Å². The Hall–Kier alpha value is -0.730. The second-order valence-electron chi connectivity index (χ2n) is 4.15. The van der Waals surface area contributed by atoms with Gasteiger partial charge in [0, 0.05) is 28.3 Å². The fourth-order valence-corrected chi connectivity index (χ4v) is 2.10. The third-order valence-corrected chi connectivity index (χ3v) is 2.88. The molecule has 0 aromatic rings. The van der Waals surface area contributed by atoms with Gasteiger partial charge in [0.25, 0.3) is 0 Å². The van der Waals surface area contributed by atoms with Crippen LogP contribution in [0, 0.1) is 0 Å². The Morgan fingerprint density at radius 3 is 2.44 bits per heavy atom. The van der Waals surface area contributed by atoms with Gasteiger partial charge in [-0.05, 0) is 0 Å². The molecule has 1 rings (SSSR count). The summed E-state index contributed by atoms with van der Waals surface area (Å²) in [6.45, 7) is 1.63. The van der Waals surface area contributed by atoms with Crippen LogP contribution in [0.15, 0.2) is 0 Å². The van der Waals surface area contributed by atoms with E-state index in [1.807, 2.05) is 0 Å². The van der Waals surface area contributed by atoms with Gasteiger partial charge < -0.3 is 29.4 Å². The van der Waals surface area contributed by atoms with Crippen molar-refractivity contribution in [1.82, 2.24) is 5.32 Å². The Morgan fingerprint density at radius 2 is 2.00 bits per heavy atom. The number of amides is 1. The summed E-state index contributed by atoms with van der Waals surface area (Å²) in [5.74, 6) is -0.273. The number of aliphatic hydroxyl groups is 1. The molecule has 1 amide bonds. The molecule has 0 saturated carbocycles. The van der Waals surface area contributed by atoms with Crippen LogP contribution in [-0.4, -0.2) is 69.6 Å². The van der Waals surface area contributed by atoms with Gasteiger partial charge in [0.1, 0.15) is 24.4 Å². The van der Waals surface area contributed by atoms with Crippen LogP contribution in [0.2, 0.25) is 0 Å². The fourth-order valence-electron chi connectivity index (χ4n) is 2.10. The first-order valence-corrected chi connectivity index (χ1v) is 5.70. The number of aliphatic hydroxyl groups excluding tert-OH is 1. The zero-order chi connectivity index (χ0) is 13.7. The van der Waals surface area contributed by atoms with E-state index in [1.165, 1.54) is 28.3 Å². The quantitative estimate of drug-likeness (QED) is 0.654. The maximum Gasteiger partial charge on any atom is 0.217 e. The molecule has 106 valence electrons. The molecule has 1 fully saturated rings. The maximum absolute atomic E-state index is 11.1. The van der Waals surface area contributed by atoms with Gasteiger partial charge in [0.05, 0.1) is 6.61 Å². The molecular weight excluding hydrogens is 242 g/mol. The van der Waals surface area contributed by atoms with Crippen molar-refractivity contribution in [2.75, 3.05) is 27.9 Å². The van der Waals surface area contributed by atoms with Crippen LogP contribution >= 0.6 is 0 Å². The Balaban J connectivity index is 2.83. The van der Waals surface area contributed by atoms with Gasteiger partial charge in [-0.15, -0.1) is 0 Å². The molecule has 5 atom stereocenters. The summed E-state index contributed by atoms with van der Waals surface area (Å²) in [5, 5.41) is 12.8. The number of ether oxygens (including phenoxy) is 4. The highest BCUT2D eigenvalue weighted by molar-refractivity contribution is 5.73. The molecule has 7 heteroatoms. The van der Waals surface area contributed by atoms with E-state index < -0.39 is 30.6 Å². The smallest absolute Gasteiger partial charge is 0.217 e. The lowest BCUT2D eigenvalue weighted by molar-refractivity contribution is -0.268. The summed E-state index contributed by atoms with van der Waals surface area (Å²) in [7, 11) is 4.45. The lowest BCUT2D eigenvalue weighted by atomic mass is 9.96. The van der Waals surface area contributed by atoms with E-state index in [1.54, 1.807) is 0 Å². The van der Waals surface area contributed by atoms with Crippen molar-refractivity contribution in [3.05, 3.63) is 0 Å². The third kappa shape index (κ3) is 3.39. The molecule has 0 unspecified atom stereocenters. The molecule has 1 aliphatic rings. The predicted octanol–water partition coefficient (Wildman–Crippen LogP) is -1.12. The summed E-state index contributed by atoms with van der Waals surface area (Å²) in [6, 6.07) is -0.675. The van der Waals surface area contributed by atoms with Gasteiger partial charge in [-0.2, -0.15) is 0 Å². The lowest BCUT2D eigenvalue weighted by Gasteiger charge is -2.43. The van der Waals surface area contributed by atoms with E-state index >= 15 is 0 Å². The Morgan fingerprint density at radius 1 is 1.33 bits per heavy atom. The molecule has 0 aromatic heterocycles. The number of rotatable bonds is 5. The fraction of sp³-hybridized carbons (Fsp3) is 0.909. The summed E-state index contributed by atoms with van der Waals surface area (Å²) < 4.78 is 21.0. The van der Waals surface area contributed by atoms with Gasteiger partial charge in [-0.25, -0.2) is 0 Å². The summed E-state index contributed by atoms with van der Waals surface area (Å²) in [4.78, 5) is 11.1. The first kappa shape index (κ1) is 15.3. The molecule has 0 aliphatic carbocycles. The minimum atomic E-state index is -0.933. The number of nitrogens with one attached hydrogen (secondary N) is 1. The van der Waals surface area contributed by atoms with E-state index in [2.05, 4.69) is 5.32 Å². The van der Waals surface area contributed by atoms with Crippen LogP contribution in [0.3, 0.4) is 0 Å². The molecule has 1 saturated heterocycles. The van der Waals surface area contributed by atoms with Crippen LogP contribution < -0.4 is 5.32 Å². The first-order valence-electron chi connectivity index (χ1n) is 5.70. The van der Waals surface area contributed by atoms with E-state index in [0.29, 0.717) is 0 Å². The van der Waals surface area contributed by atoms with E-state index in [9.17, 15) is 9.90 Å². The minimum Gasteiger partial charge on any atom is -0.388 e. The molecule has 2 N–H and O–H groups in total. The highest BCUT2D eigenvalue weighted by atomic mass is 16.7. The Bertz CT molecular complexity index is 274. The van der Waals surface area contributed by atoms with Crippen molar-refractivity contribution in [1.29, 1.82) is 0 Å². The van der Waals surface area contributed by atoms with Crippen LogP contribution in [-0.2, 0) is 23.7 Å². The van der Waals surface area contributed by atoms with Crippen molar-refractivity contribution < 1.29 is 28.8 Å². The second kappa shape index (κ2) is 7.01. The SMILES string of the molecule is COC[C@H]1O[C@H](OC)[C@H](NC(C)=O)[C@@H](O)[C@H]1OC. The van der Waals surface area contributed by atoms with Crippen LogP contribution in [0.5, 0.6) is 0 Å². The average molecular weight is 263 g/mol. The van der Waals surface area contributed by atoms with Crippen molar-refractivity contribution in [2.24, 2.45) is 0 Å². The lowest BCUT2D eigenvalue weighted by Crippen LogP contribution is -2.64. The van der Waals surface area contributed by atoms with Gasteiger partial charge in [-0.1, -0.05) is 0 Å². The zero-order valence-corrected chi connectivity index (χ0v) is 11.1. The van der Waals surface area contributed by atoms with Gasteiger partial charge in [0.2, 0.25) is 5.91 Å². The number of hydrogen-bond acceptors (Lipinski definition) is 6. The molecular formula is C11H21NO6. The number of carbonyl (C=O) groups excluding carboxylic acids is 1. The molecule has 0 bridgehead atoms. The molecule has 0 aromatic carbocycles. The van der Waals surface area contributed by atoms with Crippen molar-refractivity contribution >= 4 is 5.91 Å². The monoisotopic (exact) mass is 263 g/mol. The molecule has 1 aliphatic heterocycles. The number of carbonyl (C=O) groups is 1. The maximum atomic E-state index is 11.1. The standard InChI is InChI=1S/C11H21NO6/c1-6(13)12-8-9(14)10(16-3)7(5-15-2)18-11(8)17-4/h7-11,14H,5H2,1-4H3,(H,12,13)/t7-,8-,9-,10+,11+/m1/s1.